The molecule has 2 atom stereocenters. The summed E-state index contributed by atoms with van der Waals surface area (Å²) in [4.78, 5) is 0. The van der Waals surface area contributed by atoms with E-state index in [-0.39, 0.29) is 5.25 Å². The fourth-order valence-electron chi connectivity index (χ4n) is 2.81. The van der Waals surface area contributed by atoms with Crippen molar-refractivity contribution in [2.24, 2.45) is 5.92 Å². The minimum Gasteiger partial charge on any atom is -0.312 e. The predicted molar refractivity (Wildman–Crippen MR) is 58.0 cm³/mol. The van der Waals surface area contributed by atoms with Crippen LogP contribution < -0.4 is 5.32 Å². The molecule has 5 heteroatoms. The van der Waals surface area contributed by atoms with Gasteiger partial charge in [-0.15, -0.1) is 0 Å². The third kappa shape index (κ3) is 1.70. The molecule has 2 aliphatic heterocycles. The predicted octanol–water partition coefficient (Wildman–Crippen LogP) is 0.162. The Morgan fingerprint density at radius 1 is 1.13 bits per heavy atom. The summed E-state index contributed by atoms with van der Waals surface area (Å²) in [5.74, 6) is 0.718. The first-order valence-electron chi connectivity index (χ1n) is 5.90. The SMILES string of the molecule is O=S(=O)(C1CC1)N1CC[C@H]2CCN[C@H]2C1. The number of sulfonamides is 1. The van der Waals surface area contributed by atoms with E-state index in [2.05, 4.69) is 5.32 Å². The van der Waals surface area contributed by atoms with Gasteiger partial charge in [0.25, 0.3) is 0 Å². The number of nitrogens with one attached hydrogen (secondary N) is 1. The van der Waals surface area contributed by atoms with Crippen molar-refractivity contribution in [2.45, 2.75) is 37.0 Å². The Morgan fingerprint density at radius 2 is 1.93 bits per heavy atom. The molecule has 3 rings (SSSR count). The van der Waals surface area contributed by atoms with E-state index in [1.54, 1.807) is 4.31 Å². The van der Waals surface area contributed by atoms with Crippen LogP contribution >= 0.6 is 0 Å². The third-order valence-corrected chi connectivity index (χ3v) is 6.31. The zero-order chi connectivity index (χ0) is 10.5. The van der Waals surface area contributed by atoms with Crippen molar-refractivity contribution in [2.75, 3.05) is 19.6 Å². The first kappa shape index (κ1) is 10.1. The molecular weight excluding hydrogens is 212 g/mol. The average molecular weight is 230 g/mol. The Labute approximate surface area is 91.1 Å². The monoisotopic (exact) mass is 230 g/mol. The molecule has 0 amide bonds. The minimum absolute atomic E-state index is 0.0459. The van der Waals surface area contributed by atoms with E-state index in [1.807, 2.05) is 0 Å². The van der Waals surface area contributed by atoms with Gasteiger partial charge in [0.1, 0.15) is 0 Å². The lowest BCUT2D eigenvalue weighted by atomic mass is 9.94. The molecule has 0 aromatic heterocycles. The van der Waals surface area contributed by atoms with Gasteiger partial charge in [-0.2, -0.15) is 0 Å². The van der Waals surface area contributed by atoms with Crippen LogP contribution in [0.5, 0.6) is 0 Å². The fraction of sp³-hybridized carbons (Fsp3) is 1.00. The average Bonchev–Trinajstić information content (AvgIpc) is 2.97. The second-order valence-corrected chi connectivity index (χ2v) is 7.21. The first-order valence-corrected chi connectivity index (χ1v) is 7.40. The van der Waals surface area contributed by atoms with E-state index in [0.29, 0.717) is 12.6 Å². The van der Waals surface area contributed by atoms with E-state index in [0.717, 1.165) is 38.3 Å². The molecule has 0 radical (unpaired) electrons. The molecule has 2 saturated heterocycles. The largest absolute Gasteiger partial charge is 0.312 e. The quantitative estimate of drug-likeness (QED) is 0.735. The maximum atomic E-state index is 12.0. The maximum Gasteiger partial charge on any atom is 0.217 e. The van der Waals surface area contributed by atoms with Gasteiger partial charge in [-0.25, -0.2) is 12.7 Å². The molecule has 1 N–H and O–H groups in total. The van der Waals surface area contributed by atoms with Crippen molar-refractivity contribution in [1.82, 2.24) is 9.62 Å². The lowest BCUT2D eigenvalue weighted by Crippen LogP contribution is -2.49. The summed E-state index contributed by atoms with van der Waals surface area (Å²) >= 11 is 0. The van der Waals surface area contributed by atoms with Gasteiger partial charge in [0.15, 0.2) is 0 Å². The molecule has 86 valence electrons. The number of hydrogen-bond donors (Lipinski definition) is 1. The standard InChI is InChI=1S/C10H18N2O2S/c13-15(14,9-1-2-9)12-6-4-8-3-5-11-10(8)7-12/h8-11H,1-7H2/t8-,10+/m1/s1. The molecule has 2 heterocycles. The van der Waals surface area contributed by atoms with Gasteiger partial charge < -0.3 is 5.32 Å². The van der Waals surface area contributed by atoms with Gasteiger partial charge in [0.05, 0.1) is 5.25 Å². The highest BCUT2D eigenvalue weighted by molar-refractivity contribution is 7.90. The number of fused-ring (bicyclic) bond motifs is 1. The topological polar surface area (TPSA) is 49.4 Å². The van der Waals surface area contributed by atoms with Crippen LogP contribution in [0, 0.1) is 5.92 Å². The van der Waals surface area contributed by atoms with Crippen LogP contribution in [-0.2, 0) is 10.0 Å². The minimum atomic E-state index is -2.93. The number of nitrogens with zero attached hydrogens (tertiary/aromatic N) is 1. The van der Waals surface area contributed by atoms with Gasteiger partial charge in [-0.1, -0.05) is 0 Å². The van der Waals surface area contributed by atoms with Crippen LogP contribution in [0.2, 0.25) is 0 Å². The van der Waals surface area contributed by atoms with Crippen molar-refractivity contribution in [3.05, 3.63) is 0 Å². The van der Waals surface area contributed by atoms with Crippen molar-refractivity contribution >= 4 is 10.0 Å². The van der Waals surface area contributed by atoms with Crippen LogP contribution in [-0.4, -0.2) is 43.6 Å². The molecule has 0 aromatic rings. The van der Waals surface area contributed by atoms with Gasteiger partial charge in [0, 0.05) is 19.1 Å². The molecule has 0 spiro atoms. The van der Waals surface area contributed by atoms with Crippen molar-refractivity contribution < 1.29 is 8.42 Å². The fourth-order valence-corrected chi connectivity index (χ4v) is 4.69. The number of piperidine rings is 1. The molecule has 3 fully saturated rings. The van der Waals surface area contributed by atoms with Crippen LogP contribution in [0.4, 0.5) is 0 Å². The van der Waals surface area contributed by atoms with Crippen LogP contribution in [0.25, 0.3) is 0 Å². The summed E-state index contributed by atoms with van der Waals surface area (Å²) in [5, 5.41) is 3.37. The van der Waals surface area contributed by atoms with Gasteiger partial charge >= 0.3 is 0 Å². The molecule has 4 nitrogen and oxygen atoms in total. The highest BCUT2D eigenvalue weighted by atomic mass is 32.2. The molecule has 1 saturated carbocycles. The molecule has 3 aliphatic rings. The highest BCUT2D eigenvalue weighted by Crippen LogP contribution is 2.34. The third-order valence-electron chi connectivity index (χ3n) is 3.95. The van der Waals surface area contributed by atoms with Crippen molar-refractivity contribution in [1.29, 1.82) is 0 Å². The molecule has 1 aliphatic carbocycles. The molecule has 0 unspecified atom stereocenters. The van der Waals surface area contributed by atoms with E-state index in [4.69, 9.17) is 0 Å². The summed E-state index contributed by atoms with van der Waals surface area (Å²) in [6, 6.07) is 0.423. The maximum absolute atomic E-state index is 12.0. The number of rotatable bonds is 2. The summed E-state index contributed by atoms with van der Waals surface area (Å²) in [6.45, 7) is 2.53. The second kappa shape index (κ2) is 3.43. The molecule has 0 aromatic carbocycles. The zero-order valence-electron chi connectivity index (χ0n) is 8.85. The Hall–Kier alpha value is -0.130. The van der Waals surface area contributed by atoms with E-state index >= 15 is 0 Å². The summed E-state index contributed by atoms with van der Waals surface area (Å²) < 4.78 is 25.8. The number of hydrogen-bond acceptors (Lipinski definition) is 3. The molecule has 0 bridgehead atoms. The van der Waals surface area contributed by atoms with Gasteiger partial charge in [0.2, 0.25) is 10.0 Å². The van der Waals surface area contributed by atoms with Crippen molar-refractivity contribution in [3.8, 4) is 0 Å². The second-order valence-electron chi connectivity index (χ2n) is 5.00. The van der Waals surface area contributed by atoms with Crippen molar-refractivity contribution in [3.63, 3.8) is 0 Å². The zero-order valence-corrected chi connectivity index (χ0v) is 9.67. The Kier molecular flexibility index (Phi) is 2.30. The highest BCUT2D eigenvalue weighted by Gasteiger charge is 2.44. The Bertz CT molecular complexity index is 350. The molecular formula is C10H18N2O2S. The Balaban J connectivity index is 1.73. The van der Waals surface area contributed by atoms with Crippen LogP contribution in [0.3, 0.4) is 0 Å². The molecule has 15 heavy (non-hydrogen) atoms. The van der Waals surface area contributed by atoms with E-state index in [9.17, 15) is 8.42 Å². The lowest BCUT2D eigenvalue weighted by Gasteiger charge is -2.34. The summed E-state index contributed by atoms with van der Waals surface area (Å²) in [5.41, 5.74) is 0. The first-order chi connectivity index (χ1) is 7.18. The smallest absolute Gasteiger partial charge is 0.217 e. The van der Waals surface area contributed by atoms with E-state index < -0.39 is 10.0 Å². The normalized spacial score (nSPS) is 37.9. The van der Waals surface area contributed by atoms with Gasteiger partial charge in [-0.3, -0.25) is 0 Å². The Morgan fingerprint density at radius 3 is 2.67 bits per heavy atom. The summed E-state index contributed by atoms with van der Waals surface area (Å²) in [6.07, 6.45) is 4.02. The summed E-state index contributed by atoms with van der Waals surface area (Å²) in [7, 11) is -2.93. The van der Waals surface area contributed by atoms with E-state index in [1.165, 1.54) is 6.42 Å². The van der Waals surface area contributed by atoms with Gasteiger partial charge in [-0.05, 0) is 38.1 Å². The van der Waals surface area contributed by atoms with Crippen LogP contribution in [0.15, 0.2) is 0 Å². The lowest BCUT2D eigenvalue weighted by molar-refractivity contribution is 0.249. The van der Waals surface area contributed by atoms with Crippen LogP contribution in [0.1, 0.15) is 25.7 Å².